The predicted molar refractivity (Wildman–Crippen MR) is 128 cm³/mol. The number of rotatable bonds is 7. The van der Waals surface area contributed by atoms with E-state index >= 15 is 0 Å². The van der Waals surface area contributed by atoms with Crippen LogP contribution in [0.15, 0.2) is 59.9 Å². The summed E-state index contributed by atoms with van der Waals surface area (Å²) in [6.45, 7) is 5.59. The van der Waals surface area contributed by atoms with Crippen molar-refractivity contribution < 1.29 is 9.13 Å². The van der Waals surface area contributed by atoms with E-state index in [0.29, 0.717) is 24.7 Å². The van der Waals surface area contributed by atoms with E-state index in [9.17, 15) is 4.39 Å². The van der Waals surface area contributed by atoms with Gasteiger partial charge in [0.2, 0.25) is 0 Å². The van der Waals surface area contributed by atoms with Gasteiger partial charge in [-0.15, -0.1) is 24.0 Å². The van der Waals surface area contributed by atoms with Crippen LogP contribution in [0, 0.1) is 12.7 Å². The Balaban J connectivity index is 0.00000320. The molecule has 0 atom stereocenters. The lowest BCUT2D eigenvalue weighted by Crippen LogP contribution is -2.36. The highest BCUT2D eigenvalue weighted by molar-refractivity contribution is 14.0. The van der Waals surface area contributed by atoms with Crippen LogP contribution in [0.3, 0.4) is 0 Å². The lowest BCUT2D eigenvalue weighted by atomic mass is 10.2. The molecule has 1 heterocycles. The second kappa shape index (κ2) is 11.5. The number of ether oxygens (including phenoxy) is 1. The Morgan fingerprint density at radius 3 is 2.47 bits per heavy atom. The molecule has 0 aliphatic heterocycles. The molecule has 0 unspecified atom stereocenters. The maximum Gasteiger partial charge on any atom is 0.191 e. The first kappa shape index (κ1) is 23.7. The standard InChI is InChI=1S/C22H26FN5O.HI/c1-4-24-22(26-14-17-5-8-19(29-3)9-6-17)27-15-18-7-10-21(20(23)13-18)28-12-11-25-16(28)2;/h5-13H,4,14-15H2,1-3H3,(H2,24,26,27);1H. The zero-order valence-electron chi connectivity index (χ0n) is 17.4. The summed E-state index contributed by atoms with van der Waals surface area (Å²) in [7, 11) is 1.65. The van der Waals surface area contributed by atoms with Gasteiger partial charge in [0, 0.05) is 25.5 Å². The second-order valence-corrected chi connectivity index (χ2v) is 6.53. The van der Waals surface area contributed by atoms with Gasteiger partial charge in [-0.25, -0.2) is 14.4 Å². The van der Waals surface area contributed by atoms with Crippen LogP contribution in [0.5, 0.6) is 5.75 Å². The highest BCUT2D eigenvalue weighted by atomic mass is 127. The smallest absolute Gasteiger partial charge is 0.191 e. The third-order valence-electron chi connectivity index (χ3n) is 4.48. The first-order chi connectivity index (χ1) is 14.1. The number of guanidine groups is 1. The van der Waals surface area contributed by atoms with Crippen molar-refractivity contribution in [1.82, 2.24) is 20.2 Å². The number of aryl methyl sites for hydroxylation is 1. The van der Waals surface area contributed by atoms with Crippen LogP contribution in [0.25, 0.3) is 5.69 Å². The molecule has 0 spiro atoms. The Morgan fingerprint density at radius 2 is 1.87 bits per heavy atom. The van der Waals surface area contributed by atoms with Gasteiger partial charge >= 0.3 is 0 Å². The van der Waals surface area contributed by atoms with Crippen molar-refractivity contribution in [2.45, 2.75) is 26.9 Å². The van der Waals surface area contributed by atoms with E-state index in [-0.39, 0.29) is 29.8 Å². The van der Waals surface area contributed by atoms with Crippen molar-refractivity contribution in [1.29, 1.82) is 0 Å². The minimum absolute atomic E-state index is 0. The number of nitrogens with zero attached hydrogens (tertiary/aromatic N) is 3. The number of imidazole rings is 1. The monoisotopic (exact) mass is 523 g/mol. The molecule has 1 aromatic heterocycles. The lowest BCUT2D eigenvalue weighted by Gasteiger charge is -2.12. The molecule has 0 aliphatic carbocycles. The molecule has 160 valence electrons. The van der Waals surface area contributed by atoms with E-state index < -0.39 is 0 Å². The molecule has 0 fully saturated rings. The minimum atomic E-state index is -0.296. The molecule has 0 radical (unpaired) electrons. The maximum absolute atomic E-state index is 14.6. The van der Waals surface area contributed by atoms with Gasteiger partial charge in [-0.3, -0.25) is 0 Å². The normalized spacial score (nSPS) is 11.0. The molecular weight excluding hydrogens is 496 g/mol. The van der Waals surface area contributed by atoms with E-state index in [4.69, 9.17) is 4.74 Å². The van der Waals surface area contributed by atoms with E-state index in [0.717, 1.165) is 29.2 Å². The minimum Gasteiger partial charge on any atom is -0.497 e. The summed E-state index contributed by atoms with van der Waals surface area (Å²) in [6.07, 6.45) is 3.40. The number of aliphatic imine (C=N–C) groups is 1. The molecule has 0 aliphatic rings. The number of halogens is 2. The van der Waals surface area contributed by atoms with E-state index in [1.807, 2.05) is 44.2 Å². The molecule has 3 aromatic rings. The van der Waals surface area contributed by atoms with Crippen molar-refractivity contribution in [2.24, 2.45) is 4.99 Å². The molecule has 2 aromatic carbocycles. The highest BCUT2D eigenvalue weighted by Gasteiger charge is 2.08. The number of hydrogen-bond acceptors (Lipinski definition) is 3. The Kier molecular flexibility index (Phi) is 9.10. The molecule has 0 amide bonds. The summed E-state index contributed by atoms with van der Waals surface area (Å²) in [6, 6.07) is 13.0. The number of nitrogens with one attached hydrogen (secondary N) is 2. The van der Waals surface area contributed by atoms with Gasteiger partial charge in [-0.2, -0.15) is 0 Å². The Morgan fingerprint density at radius 1 is 1.13 bits per heavy atom. The summed E-state index contributed by atoms with van der Waals surface area (Å²) in [4.78, 5) is 8.71. The first-order valence-electron chi connectivity index (χ1n) is 9.54. The van der Waals surface area contributed by atoms with Gasteiger partial charge in [-0.05, 0) is 49.2 Å². The zero-order valence-corrected chi connectivity index (χ0v) is 19.7. The van der Waals surface area contributed by atoms with E-state index in [1.54, 1.807) is 30.1 Å². The predicted octanol–water partition coefficient (Wildman–Crippen LogP) is 4.20. The van der Waals surface area contributed by atoms with Gasteiger partial charge in [0.25, 0.3) is 0 Å². The van der Waals surface area contributed by atoms with Gasteiger partial charge in [0.15, 0.2) is 5.96 Å². The molecule has 0 bridgehead atoms. The van der Waals surface area contributed by atoms with Crippen LogP contribution in [-0.4, -0.2) is 29.2 Å². The van der Waals surface area contributed by atoms with Crippen molar-refractivity contribution in [3.05, 3.63) is 77.6 Å². The average Bonchev–Trinajstić information content (AvgIpc) is 3.16. The van der Waals surface area contributed by atoms with Gasteiger partial charge in [0.1, 0.15) is 17.4 Å². The van der Waals surface area contributed by atoms with Crippen molar-refractivity contribution >= 4 is 29.9 Å². The third kappa shape index (κ3) is 6.19. The highest BCUT2D eigenvalue weighted by Crippen LogP contribution is 2.17. The van der Waals surface area contributed by atoms with Gasteiger partial charge in [-0.1, -0.05) is 18.2 Å². The number of methoxy groups -OCH3 is 1. The Labute approximate surface area is 193 Å². The quantitative estimate of drug-likeness (QED) is 0.277. The number of aromatic nitrogens is 2. The summed E-state index contributed by atoms with van der Waals surface area (Å²) in [5.41, 5.74) is 2.39. The van der Waals surface area contributed by atoms with Crippen molar-refractivity contribution in [3.63, 3.8) is 0 Å². The molecule has 30 heavy (non-hydrogen) atoms. The van der Waals surface area contributed by atoms with Crippen LogP contribution in [-0.2, 0) is 13.1 Å². The average molecular weight is 523 g/mol. The van der Waals surface area contributed by atoms with Crippen LogP contribution < -0.4 is 15.4 Å². The fraction of sp³-hybridized carbons (Fsp3) is 0.273. The molecule has 3 rings (SSSR count). The number of benzene rings is 2. The largest absolute Gasteiger partial charge is 0.497 e. The van der Waals surface area contributed by atoms with Crippen molar-refractivity contribution in [2.75, 3.05) is 13.7 Å². The molecule has 6 nitrogen and oxygen atoms in total. The first-order valence-corrected chi connectivity index (χ1v) is 9.54. The lowest BCUT2D eigenvalue weighted by molar-refractivity contribution is 0.414. The number of hydrogen-bond donors (Lipinski definition) is 2. The van der Waals surface area contributed by atoms with Gasteiger partial charge in [0.05, 0.1) is 19.3 Å². The molecular formula is C22H27FIN5O. The SMILES string of the molecule is CCNC(=NCc1ccc(-n2ccnc2C)c(F)c1)NCc1ccc(OC)cc1.I. The second-order valence-electron chi connectivity index (χ2n) is 6.53. The fourth-order valence-electron chi connectivity index (χ4n) is 2.92. The Hall–Kier alpha value is -2.62. The third-order valence-corrected chi connectivity index (χ3v) is 4.48. The van der Waals surface area contributed by atoms with E-state index in [1.165, 1.54) is 6.07 Å². The summed E-state index contributed by atoms with van der Waals surface area (Å²) >= 11 is 0. The van der Waals surface area contributed by atoms with Crippen LogP contribution in [0.2, 0.25) is 0 Å². The zero-order chi connectivity index (χ0) is 20.6. The summed E-state index contributed by atoms with van der Waals surface area (Å²) < 4.78 is 21.5. The topological polar surface area (TPSA) is 63.5 Å². The maximum atomic E-state index is 14.6. The molecule has 0 saturated carbocycles. The van der Waals surface area contributed by atoms with Crippen LogP contribution in [0.4, 0.5) is 4.39 Å². The van der Waals surface area contributed by atoms with Crippen LogP contribution >= 0.6 is 24.0 Å². The summed E-state index contributed by atoms with van der Waals surface area (Å²) in [5.74, 6) is 1.95. The van der Waals surface area contributed by atoms with E-state index in [2.05, 4.69) is 20.6 Å². The van der Waals surface area contributed by atoms with Crippen LogP contribution in [0.1, 0.15) is 23.9 Å². The molecule has 2 N–H and O–H groups in total. The molecule has 8 heteroatoms. The summed E-state index contributed by atoms with van der Waals surface area (Å²) in [5, 5.41) is 6.50. The molecule has 0 saturated heterocycles. The fourth-order valence-corrected chi connectivity index (χ4v) is 2.92. The van der Waals surface area contributed by atoms with Gasteiger partial charge < -0.3 is 19.9 Å². The van der Waals surface area contributed by atoms with Crippen molar-refractivity contribution in [3.8, 4) is 11.4 Å². The Bertz CT molecular complexity index is 972.